The van der Waals surface area contributed by atoms with Gasteiger partial charge in [-0.15, -0.1) is 0 Å². The fraction of sp³-hybridized carbons (Fsp3) is 1.00. The first-order chi connectivity index (χ1) is 8.07. The van der Waals surface area contributed by atoms with Gasteiger partial charge in [0.05, 0.1) is 0 Å². The van der Waals surface area contributed by atoms with Crippen molar-refractivity contribution >= 4 is 0 Å². The lowest BCUT2D eigenvalue weighted by Gasteiger charge is -2.36. The molecule has 0 spiro atoms. The van der Waals surface area contributed by atoms with Gasteiger partial charge in [-0.05, 0) is 31.2 Å². The smallest absolute Gasteiger partial charge is 0.0304 e. The number of nitrogens with two attached hydrogens (primary N) is 1. The van der Waals surface area contributed by atoms with Gasteiger partial charge in [0.25, 0.3) is 0 Å². The van der Waals surface area contributed by atoms with Gasteiger partial charge in [-0.2, -0.15) is 0 Å². The molecule has 0 amide bonds. The molecule has 0 aromatic carbocycles. The van der Waals surface area contributed by atoms with Gasteiger partial charge in [-0.25, -0.2) is 0 Å². The van der Waals surface area contributed by atoms with Gasteiger partial charge in [-0.3, -0.25) is 0 Å². The first-order valence-electron chi connectivity index (χ1n) is 7.52. The summed E-state index contributed by atoms with van der Waals surface area (Å²) in [7, 11) is 0. The SMILES string of the molecule is CCC(C)CC(CC)(CN)NCC(CC)CC. The molecular formula is C15H34N2. The van der Waals surface area contributed by atoms with Gasteiger partial charge in [0.15, 0.2) is 0 Å². The largest absolute Gasteiger partial charge is 0.329 e. The Bertz CT molecular complexity index is 172. The lowest BCUT2D eigenvalue weighted by atomic mass is 9.84. The average Bonchev–Trinajstić information content (AvgIpc) is 2.38. The van der Waals surface area contributed by atoms with E-state index in [2.05, 4.69) is 39.9 Å². The van der Waals surface area contributed by atoms with Crippen LogP contribution >= 0.6 is 0 Å². The Morgan fingerprint density at radius 3 is 2.00 bits per heavy atom. The van der Waals surface area contributed by atoms with E-state index >= 15 is 0 Å². The van der Waals surface area contributed by atoms with Gasteiger partial charge in [0, 0.05) is 12.1 Å². The van der Waals surface area contributed by atoms with Crippen molar-refractivity contribution in [3.8, 4) is 0 Å². The molecule has 0 heterocycles. The Balaban J connectivity index is 4.38. The molecule has 3 N–H and O–H groups in total. The topological polar surface area (TPSA) is 38.0 Å². The predicted molar refractivity (Wildman–Crippen MR) is 78.2 cm³/mol. The lowest BCUT2D eigenvalue weighted by molar-refractivity contribution is 0.237. The van der Waals surface area contributed by atoms with E-state index in [4.69, 9.17) is 5.73 Å². The molecule has 0 aromatic heterocycles. The zero-order valence-electron chi connectivity index (χ0n) is 12.7. The molecular weight excluding hydrogens is 208 g/mol. The molecule has 2 atom stereocenters. The Morgan fingerprint density at radius 1 is 1.06 bits per heavy atom. The van der Waals surface area contributed by atoms with Crippen molar-refractivity contribution in [1.82, 2.24) is 5.32 Å². The first kappa shape index (κ1) is 16.9. The Kier molecular flexibility index (Phi) is 8.89. The van der Waals surface area contributed by atoms with Crippen LogP contribution in [0.5, 0.6) is 0 Å². The third-order valence-electron chi connectivity index (χ3n) is 4.42. The summed E-state index contributed by atoms with van der Waals surface area (Å²) in [4.78, 5) is 0. The Hall–Kier alpha value is -0.0800. The summed E-state index contributed by atoms with van der Waals surface area (Å²) in [5.74, 6) is 1.55. The molecule has 2 heteroatoms. The van der Waals surface area contributed by atoms with Crippen molar-refractivity contribution in [3.63, 3.8) is 0 Å². The predicted octanol–water partition coefficient (Wildman–Crippen LogP) is 3.56. The van der Waals surface area contributed by atoms with Gasteiger partial charge in [0.1, 0.15) is 0 Å². The first-order valence-corrected chi connectivity index (χ1v) is 7.52. The van der Waals surface area contributed by atoms with Crippen LogP contribution in [0.25, 0.3) is 0 Å². The highest BCUT2D eigenvalue weighted by molar-refractivity contribution is 4.89. The van der Waals surface area contributed by atoms with Crippen LogP contribution in [0.15, 0.2) is 0 Å². The molecule has 17 heavy (non-hydrogen) atoms. The van der Waals surface area contributed by atoms with Gasteiger partial charge < -0.3 is 11.1 Å². The molecule has 0 aliphatic heterocycles. The Morgan fingerprint density at radius 2 is 1.65 bits per heavy atom. The van der Waals surface area contributed by atoms with Crippen molar-refractivity contribution in [2.24, 2.45) is 17.6 Å². The van der Waals surface area contributed by atoms with Crippen molar-refractivity contribution in [3.05, 3.63) is 0 Å². The van der Waals surface area contributed by atoms with E-state index in [1.165, 1.54) is 25.7 Å². The highest BCUT2D eigenvalue weighted by Gasteiger charge is 2.28. The normalized spacial score (nSPS) is 17.1. The summed E-state index contributed by atoms with van der Waals surface area (Å²) in [6, 6.07) is 0. The van der Waals surface area contributed by atoms with E-state index in [9.17, 15) is 0 Å². The fourth-order valence-electron chi connectivity index (χ4n) is 2.39. The van der Waals surface area contributed by atoms with Crippen molar-refractivity contribution in [1.29, 1.82) is 0 Å². The molecule has 0 saturated carbocycles. The van der Waals surface area contributed by atoms with E-state index in [0.717, 1.165) is 31.3 Å². The Labute approximate surface area is 109 Å². The molecule has 0 bridgehead atoms. The van der Waals surface area contributed by atoms with E-state index in [-0.39, 0.29) is 5.54 Å². The maximum absolute atomic E-state index is 6.03. The molecule has 0 fully saturated rings. The standard InChI is InChI=1S/C15H34N2/c1-6-13(5)10-15(9-4,12-16)17-11-14(7-2)8-3/h13-14,17H,6-12,16H2,1-5H3. The van der Waals surface area contributed by atoms with Crippen LogP contribution in [0.2, 0.25) is 0 Å². The van der Waals surface area contributed by atoms with E-state index in [1.807, 2.05) is 0 Å². The minimum atomic E-state index is 0.165. The van der Waals surface area contributed by atoms with Crippen LogP contribution in [0.3, 0.4) is 0 Å². The summed E-state index contributed by atoms with van der Waals surface area (Å²) in [5.41, 5.74) is 6.19. The summed E-state index contributed by atoms with van der Waals surface area (Å²) >= 11 is 0. The van der Waals surface area contributed by atoms with Crippen molar-refractivity contribution in [2.45, 2.75) is 72.3 Å². The number of hydrogen-bond donors (Lipinski definition) is 2. The summed E-state index contributed by atoms with van der Waals surface area (Å²) in [6.07, 6.45) is 6.10. The summed E-state index contributed by atoms with van der Waals surface area (Å²) in [6.45, 7) is 13.3. The lowest BCUT2D eigenvalue weighted by Crippen LogP contribution is -2.53. The minimum Gasteiger partial charge on any atom is -0.329 e. The zero-order chi connectivity index (χ0) is 13.3. The second-order valence-electron chi connectivity index (χ2n) is 5.62. The number of rotatable bonds is 10. The number of hydrogen-bond acceptors (Lipinski definition) is 2. The van der Waals surface area contributed by atoms with Crippen LogP contribution in [-0.4, -0.2) is 18.6 Å². The summed E-state index contributed by atoms with van der Waals surface area (Å²) < 4.78 is 0. The van der Waals surface area contributed by atoms with Gasteiger partial charge >= 0.3 is 0 Å². The molecule has 0 radical (unpaired) electrons. The van der Waals surface area contributed by atoms with Gasteiger partial charge in [0.2, 0.25) is 0 Å². The maximum atomic E-state index is 6.03. The molecule has 0 aliphatic carbocycles. The minimum absolute atomic E-state index is 0.165. The van der Waals surface area contributed by atoms with Crippen LogP contribution in [0, 0.1) is 11.8 Å². The van der Waals surface area contributed by atoms with Gasteiger partial charge in [-0.1, -0.05) is 53.9 Å². The van der Waals surface area contributed by atoms with Crippen molar-refractivity contribution < 1.29 is 0 Å². The quantitative estimate of drug-likeness (QED) is 0.615. The monoisotopic (exact) mass is 242 g/mol. The molecule has 104 valence electrons. The van der Waals surface area contributed by atoms with Crippen LogP contribution in [-0.2, 0) is 0 Å². The third kappa shape index (κ3) is 5.87. The molecule has 2 nitrogen and oxygen atoms in total. The van der Waals surface area contributed by atoms with Crippen LogP contribution in [0.1, 0.15) is 66.7 Å². The number of nitrogens with one attached hydrogen (secondary N) is 1. The molecule has 0 saturated heterocycles. The molecule has 0 aliphatic rings. The summed E-state index contributed by atoms with van der Waals surface area (Å²) in [5, 5.41) is 3.77. The molecule has 0 aromatic rings. The zero-order valence-corrected chi connectivity index (χ0v) is 12.7. The second kappa shape index (κ2) is 8.93. The van der Waals surface area contributed by atoms with Crippen LogP contribution < -0.4 is 11.1 Å². The second-order valence-corrected chi connectivity index (χ2v) is 5.62. The highest BCUT2D eigenvalue weighted by atomic mass is 15.0. The fourth-order valence-corrected chi connectivity index (χ4v) is 2.39. The average molecular weight is 242 g/mol. The molecule has 2 unspecified atom stereocenters. The van der Waals surface area contributed by atoms with Crippen LogP contribution in [0.4, 0.5) is 0 Å². The highest BCUT2D eigenvalue weighted by Crippen LogP contribution is 2.22. The maximum Gasteiger partial charge on any atom is 0.0304 e. The molecule has 0 rings (SSSR count). The third-order valence-corrected chi connectivity index (χ3v) is 4.42. The van der Waals surface area contributed by atoms with Crippen molar-refractivity contribution in [2.75, 3.05) is 13.1 Å². The van der Waals surface area contributed by atoms with E-state index in [0.29, 0.717) is 0 Å². The van der Waals surface area contributed by atoms with E-state index in [1.54, 1.807) is 0 Å². The van der Waals surface area contributed by atoms with E-state index < -0.39 is 0 Å².